The van der Waals surface area contributed by atoms with Crippen LogP contribution in [-0.2, 0) is 9.53 Å². The van der Waals surface area contributed by atoms with Crippen molar-refractivity contribution in [2.24, 2.45) is 0 Å². The van der Waals surface area contributed by atoms with E-state index < -0.39 is 12.1 Å². The number of nitrogens with one attached hydrogen (secondary N) is 1. The fraction of sp³-hybridized carbons (Fsp3) is 0.333. The van der Waals surface area contributed by atoms with Gasteiger partial charge >= 0.3 is 5.97 Å². The summed E-state index contributed by atoms with van der Waals surface area (Å²) < 4.78 is 5.29. The van der Waals surface area contributed by atoms with Gasteiger partial charge < -0.3 is 10.1 Å². The molecule has 25 heavy (non-hydrogen) atoms. The summed E-state index contributed by atoms with van der Waals surface area (Å²) in [5.74, 6) is -0.504. The van der Waals surface area contributed by atoms with Gasteiger partial charge in [0, 0.05) is 5.69 Å². The number of hydrogen-bond donors (Lipinski definition) is 1. The van der Waals surface area contributed by atoms with Crippen molar-refractivity contribution in [3.63, 3.8) is 0 Å². The highest BCUT2D eigenvalue weighted by molar-refractivity contribution is 5.97. The predicted octanol–water partition coefficient (Wildman–Crippen LogP) is 4.69. The molecule has 2 atom stereocenters. The molecular formula is C21H25NO3. The van der Waals surface area contributed by atoms with E-state index in [1.807, 2.05) is 43.3 Å². The SMILES string of the molecule is CC[C@@H](C)c1ccccc1NC(=O)[C@@H](C)OC(=O)c1ccc(C)cc1. The lowest BCUT2D eigenvalue weighted by molar-refractivity contribution is -0.123. The van der Waals surface area contributed by atoms with Gasteiger partial charge in [0.25, 0.3) is 5.91 Å². The Morgan fingerprint density at radius 1 is 1.04 bits per heavy atom. The van der Waals surface area contributed by atoms with Crippen LogP contribution in [0.4, 0.5) is 5.69 Å². The van der Waals surface area contributed by atoms with Gasteiger partial charge in [-0.25, -0.2) is 4.79 Å². The molecule has 0 saturated carbocycles. The summed E-state index contributed by atoms with van der Waals surface area (Å²) in [5.41, 5.74) is 3.34. The lowest BCUT2D eigenvalue weighted by Gasteiger charge is -2.18. The molecule has 0 aliphatic carbocycles. The molecule has 0 spiro atoms. The summed E-state index contributed by atoms with van der Waals surface area (Å²) in [7, 11) is 0. The van der Waals surface area contributed by atoms with E-state index in [0.717, 1.165) is 23.2 Å². The van der Waals surface area contributed by atoms with Gasteiger partial charge in [-0.15, -0.1) is 0 Å². The molecule has 2 aromatic carbocycles. The lowest BCUT2D eigenvalue weighted by Crippen LogP contribution is -2.30. The summed E-state index contributed by atoms with van der Waals surface area (Å²) >= 11 is 0. The standard InChI is InChI=1S/C21H25NO3/c1-5-15(3)18-8-6-7-9-19(18)22-20(23)16(4)25-21(24)17-12-10-14(2)11-13-17/h6-13,15-16H,5H2,1-4H3,(H,22,23)/t15-,16-/m1/s1. The van der Waals surface area contributed by atoms with Crippen molar-refractivity contribution < 1.29 is 14.3 Å². The van der Waals surface area contributed by atoms with E-state index in [2.05, 4.69) is 19.2 Å². The molecule has 1 N–H and O–H groups in total. The molecule has 0 aliphatic rings. The molecule has 0 fully saturated rings. The molecule has 0 heterocycles. The van der Waals surface area contributed by atoms with E-state index in [-0.39, 0.29) is 5.91 Å². The number of anilines is 1. The quantitative estimate of drug-likeness (QED) is 0.777. The Bertz CT molecular complexity index is 737. The molecule has 2 aromatic rings. The highest BCUT2D eigenvalue weighted by Crippen LogP contribution is 2.26. The van der Waals surface area contributed by atoms with E-state index in [4.69, 9.17) is 4.74 Å². The van der Waals surface area contributed by atoms with Crippen molar-refractivity contribution in [2.45, 2.75) is 46.1 Å². The third-order valence-electron chi connectivity index (χ3n) is 4.30. The van der Waals surface area contributed by atoms with Crippen LogP contribution < -0.4 is 5.32 Å². The maximum atomic E-state index is 12.4. The molecule has 132 valence electrons. The Morgan fingerprint density at radius 3 is 2.32 bits per heavy atom. The first kappa shape index (κ1) is 18.7. The minimum Gasteiger partial charge on any atom is -0.449 e. The van der Waals surface area contributed by atoms with Crippen LogP contribution in [0.15, 0.2) is 48.5 Å². The Hall–Kier alpha value is -2.62. The van der Waals surface area contributed by atoms with E-state index in [0.29, 0.717) is 11.5 Å². The van der Waals surface area contributed by atoms with Crippen LogP contribution in [0.25, 0.3) is 0 Å². The van der Waals surface area contributed by atoms with Crippen molar-refractivity contribution >= 4 is 17.6 Å². The zero-order chi connectivity index (χ0) is 18.4. The van der Waals surface area contributed by atoms with Gasteiger partial charge in [-0.05, 0) is 49.9 Å². The summed E-state index contributed by atoms with van der Waals surface area (Å²) in [6.07, 6.45) is 0.101. The second-order valence-corrected chi connectivity index (χ2v) is 6.30. The number of carbonyl (C=O) groups excluding carboxylic acids is 2. The van der Waals surface area contributed by atoms with Crippen LogP contribution in [0.5, 0.6) is 0 Å². The topological polar surface area (TPSA) is 55.4 Å². The molecule has 0 unspecified atom stereocenters. The monoisotopic (exact) mass is 339 g/mol. The number of benzene rings is 2. The number of rotatable bonds is 6. The molecule has 1 amide bonds. The number of para-hydroxylation sites is 1. The van der Waals surface area contributed by atoms with Gasteiger partial charge in [0.1, 0.15) is 0 Å². The Kier molecular flexibility index (Phi) is 6.34. The van der Waals surface area contributed by atoms with Gasteiger partial charge in [0.2, 0.25) is 0 Å². The number of aryl methyl sites for hydroxylation is 1. The molecule has 0 aromatic heterocycles. The molecule has 4 nitrogen and oxygen atoms in total. The van der Waals surface area contributed by atoms with Crippen LogP contribution in [-0.4, -0.2) is 18.0 Å². The summed E-state index contributed by atoms with van der Waals surface area (Å²) in [5, 5.41) is 2.88. The molecule has 0 aliphatic heterocycles. The van der Waals surface area contributed by atoms with Crippen LogP contribution in [0.1, 0.15) is 54.6 Å². The maximum absolute atomic E-state index is 12.4. The zero-order valence-corrected chi connectivity index (χ0v) is 15.2. The second-order valence-electron chi connectivity index (χ2n) is 6.30. The predicted molar refractivity (Wildman–Crippen MR) is 99.8 cm³/mol. The summed E-state index contributed by atoms with van der Waals surface area (Å²) in [6.45, 7) is 7.74. The fourth-order valence-corrected chi connectivity index (χ4v) is 2.47. The van der Waals surface area contributed by atoms with Crippen molar-refractivity contribution in [3.8, 4) is 0 Å². The summed E-state index contributed by atoms with van der Waals surface area (Å²) in [6, 6.07) is 14.8. The van der Waals surface area contributed by atoms with E-state index in [9.17, 15) is 9.59 Å². The van der Waals surface area contributed by atoms with Crippen molar-refractivity contribution in [2.75, 3.05) is 5.32 Å². The largest absolute Gasteiger partial charge is 0.449 e. The molecule has 2 rings (SSSR count). The van der Waals surface area contributed by atoms with Crippen LogP contribution in [0, 0.1) is 6.92 Å². The minimum atomic E-state index is -0.876. The highest BCUT2D eigenvalue weighted by Gasteiger charge is 2.20. The number of amides is 1. The van der Waals surface area contributed by atoms with Crippen molar-refractivity contribution in [1.82, 2.24) is 0 Å². The van der Waals surface area contributed by atoms with E-state index in [1.54, 1.807) is 19.1 Å². The van der Waals surface area contributed by atoms with Crippen LogP contribution >= 0.6 is 0 Å². The zero-order valence-electron chi connectivity index (χ0n) is 15.2. The average molecular weight is 339 g/mol. The number of hydrogen-bond acceptors (Lipinski definition) is 3. The van der Waals surface area contributed by atoms with Crippen LogP contribution in [0.3, 0.4) is 0 Å². The molecular weight excluding hydrogens is 314 g/mol. The minimum absolute atomic E-state index is 0.335. The number of esters is 1. The normalized spacial score (nSPS) is 13.0. The Labute approximate surface area is 149 Å². The lowest BCUT2D eigenvalue weighted by atomic mass is 9.97. The third-order valence-corrected chi connectivity index (χ3v) is 4.30. The van der Waals surface area contributed by atoms with E-state index >= 15 is 0 Å². The maximum Gasteiger partial charge on any atom is 0.338 e. The Balaban J connectivity index is 2.03. The Morgan fingerprint density at radius 2 is 1.68 bits per heavy atom. The molecule has 0 saturated heterocycles. The molecule has 0 bridgehead atoms. The van der Waals surface area contributed by atoms with E-state index in [1.165, 1.54) is 0 Å². The third kappa shape index (κ3) is 4.92. The smallest absolute Gasteiger partial charge is 0.338 e. The fourth-order valence-electron chi connectivity index (χ4n) is 2.47. The van der Waals surface area contributed by atoms with Gasteiger partial charge in [-0.3, -0.25) is 4.79 Å². The first-order chi connectivity index (χ1) is 11.9. The van der Waals surface area contributed by atoms with Crippen LogP contribution in [0.2, 0.25) is 0 Å². The number of ether oxygens (including phenoxy) is 1. The van der Waals surface area contributed by atoms with Gasteiger partial charge in [0.15, 0.2) is 6.10 Å². The van der Waals surface area contributed by atoms with Crippen molar-refractivity contribution in [1.29, 1.82) is 0 Å². The molecule has 0 radical (unpaired) electrons. The molecule has 4 heteroatoms. The average Bonchev–Trinajstić information content (AvgIpc) is 2.61. The summed E-state index contributed by atoms with van der Waals surface area (Å²) in [4.78, 5) is 24.6. The van der Waals surface area contributed by atoms with Gasteiger partial charge in [0.05, 0.1) is 5.56 Å². The second kappa shape index (κ2) is 8.47. The van der Waals surface area contributed by atoms with Crippen molar-refractivity contribution in [3.05, 3.63) is 65.2 Å². The first-order valence-electron chi connectivity index (χ1n) is 8.59. The highest BCUT2D eigenvalue weighted by atomic mass is 16.5. The van der Waals surface area contributed by atoms with Gasteiger partial charge in [-0.1, -0.05) is 49.7 Å². The van der Waals surface area contributed by atoms with Gasteiger partial charge in [-0.2, -0.15) is 0 Å². The first-order valence-corrected chi connectivity index (χ1v) is 8.59. The number of carbonyl (C=O) groups is 2.